The number of halogens is 1. The smallest absolute Gasteiger partial charge is 0.129 e. The molecule has 0 radical (unpaired) electrons. The monoisotopic (exact) mass is 280 g/mol. The lowest BCUT2D eigenvalue weighted by Crippen LogP contribution is -2.08. The van der Waals surface area contributed by atoms with Crippen LogP contribution < -0.4 is 5.32 Å². The molecule has 0 unspecified atom stereocenters. The predicted octanol–water partition coefficient (Wildman–Crippen LogP) is 4.34. The van der Waals surface area contributed by atoms with E-state index in [0.29, 0.717) is 0 Å². The molecule has 1 heterocycles. The van der Waals surface area contributed by atoms with Gasteiger partial charge in [-0.3, -0.25) is 0 Å². The molecular formula is C18H17FN2. The largest absolute Gasteiger partial charge is 0.370 e. The van der Waals surface area contributed by atoms with Gasteiger partial charge in [0.15, 0.2) is 0 Å². The van der Waals surface area contributed by atoms with E-state index in [0.717, 1.165) is 40.8 Å². The topological polar surface area (TPSA) is 24.9 Å². The van der Waals surface area contributed by atoms with E-state index in [4.69, 9.17) is 0 Å². The van der Waals surface area contributed by atoms with Crippen LogP contribution in [-0.2, 0) is 6.42 Å². The summed E-state index contributed by atoms with van der Waals surface area (Å²) in [7, 11) is 0. The Morgan fingerprint density at radius 1 is 1.05 bits per heavy atom. The van der Waals surface area contributed by atoms with E-state index in [-0.39, 0.29) is 5.82 Å². The number of aryl methyl sites for hydroxylation is 1. The average Bonchev–Trinajstić information content (AvgIpc) is 2.48. The van der Waals surface area contributed by atoms with Crippen molar-refractivity contribution in [2.45, 2.75) is 13.3 Å². The van der Waals surface area contributed by atoms with E-state index < -0.39 is 0 Å². The molecule has 0 amide bonds. The van der Waals surface area contributed by atoms with E-state index in [2.05, 4.69) is 22.4 Å². The van der Waals surface area contributed by atoms with E-state index in [9.17, 15) is 4.39 Å². The van der Waals surface area contributed by atoms with Gasteiger partial charge in [-0.25, -0.2) is 9.37 Å². The van der Waals surface area contributed by atoms with Crippen LogP contribution in [0.15, 0.2) is 54.6 Å². The number of anilines is 1. The second-order valence-corrected chi connectivity index (χ2v) is 5.15. The standard InChI is InChI=1S/C18H17FN2/c1-13-11-15-6-2-3-8-17(15)21-18(13)20-10-9-14-5-4-7-16(19)12-14/h2-8,11-12H,9-10H2,1H3,(H,20,21). The molecule has 0 saturated heterocycles. The normalized spacial score (nSPS) is 10.8. The van der Waals surface area contributed by atoms with Gasteiger partial charge in [0.1, 0.15) is 11.6 Å². The van der Waals surface area contributed by atoms with E-state index >= 15 is 0 Å². The third-order valence-corrected chi connectivity index (χ3v) is 3.51. The Labute approximate surface area is 123 Å². The van der Waals surface area contributed by atoms with Crippen molar-refractivity contribution in [3.8, 4) is 0 Å². The quantitative estimate of drug-likeness (QED) is 0.769. The molecule has 2 aromatic carbocycles. The van der Waals surface area contributed by atoms with Crippen molar-refractivity contribution in [1.29, 1.82) is 0 Å². The molecule has 1 N–H and O–H groups in total. The van der Waals surface area contributed by atoms with Gasteiger partial charge in [0, 0.05) is 11.9 Å². The molecule has 0 fully saturated rings. The molecule has 0 aliphatic carbocycles. The van der Waals surface area contributed by atoms with Crippen molar-refractivity contribution >= 4 is 16.7 Å². The first-order chi connectivity index (χ1) is 10.2. The third-order valence-electron chi connectivity index (χ3n) is 3.51. The Balaban J connectivity index is 1.71. The second-order valence-electron chi connectivity index (χ2n) is 5.15. The van der Waals surface area contributed by atoms with Crippen molar-refractivity contribution in [2.24, 2.45) is 0 Å². The zero-order valence-corrected chi connectivity index (χ0v) is 11.9. The van der Waals surface area contributed by atoms with E-state index in [1.807, 2.05) is 31.2 Å². The molecule has 0 bridgehead atoms. The van der Waals surface area contributed by atoms with Gasteiger partial charge >= 0.3 is 0 Å². The number of nitrogens with one attached hydrogen (secondary N) is 1. The van der Waals surface area contributed by atoms with Crippen LogP contribution in [-0.4, -0.2) is 11.5 Å². The minimum atomic E-state index is -0.187. The lowest BCUT2D eigenvalue weighted by molar-refractivity contribution is 0.625. The number of hydrogen-bond acceptors (Lipinski definition) is 2. The highest BCUT2D eigenvalue weighted by Crippen LogP contribution is 2.19. The maximum Gasteiger partial charge on any atom is 0.129 e. The van der Waals surface area contributed by atoms with Crippen LogP contribution in [0, 0.1) is 12.7 Å². The molecule has 0 atom stereocenters. The van der Waals surface area contributed by atoms with Gasteiger partial charge in [-0.2, -0.15) is 0 Å². The fourth-order valence-electron chi connectivity index (χ4n) is 2.42. The predicted molar refractivity (Wildman–Crippen MR) is 85.1 cm³/mol. The fourth-order valence-corrected chi connectivity index (χ4v) is 2.42. The Morgan fingerprint density at radius 3 is 2.76 bits per heavy atom. The number of benzene rings is 2. The van der Waals surface area contributed by atoms with Crippen LogP contribution in [0.1, 0.15) is 11.1 Å². The summed E-state index contributed by atoms with van der Waals surface area (Å²) in [6, 6.07) is 16.9. The molecule has 3 heteroatoms. The molecule has 106 valence electrons. The van der Waals surface area contributed by atoms with Crippen molar-refractivity contribution in [3.63, 3.8) is 0 Å². The van der Waals surface area contributed by atoms with Gasteiger partial charge in [0.25, 0.3) is 0 Å². The average molecular weight is 280 g/mol. The van der Waals surface area contributed by atoms with Crippen molar-refractivity contribution < 1.29 is 4.39 Å². The highest BCUT2D eigenvalue weighted by molar-refractivity contribution is 5.81. The first-order valence-corrected chi connectivity index (χ1v) is 7.07. The number of rotatable bonds is 4. The summed E-state index contributed by atoms with van der Waals surface area (Å²) in [6.45, 7) is 2.78. The molecule has 3 aromatic rings. The van der Waals surface area contributed by atoms with Gasteiger partial charge in [-0.1, -0.05) is 30.3 Å². The summed E-state index contributed by atoms with van der Waals surface area (Å²) in [5.41, 5.74) is 3.09. The summed E-state index contributed by atoms with van der Waals surface area (Å²) in [4.78, 5) is 4.64. The molecule has 0 saturated carbocycles. The van der Waals surface area contributed by atoms with Gasteiger partial charge in [0.2, 0.25) is 0 Å². The number of nitrogens with zero attached hydrogens (tertiary/aromatic N) is 1. The third kappa shape index (κ3) is 3.19. The Bertz CT molecular complexity index is 768. The van der Waals surface area contributed by atoms with E-state index in [1.54, 1.807) is 12.1 Å². The highest BCUT2D eigenvalue weighted by atomic mass is 19.1. The highest BCUT2D eigenvalue weighted by Gasteiger charge is 2.03. The molecule has 3 rings (SSSR count). The Hall–Kier alpha value is -2.42. The first kappa shape index (κ1) is 13.6. The zero-order chi connectivity index (χ0) is 14.7. The van der Waals surface area contributed by atoms with Crippen molar-refractivity contribution in [3.05, 3.63) is 71.5 Å². The van der Waals surface area contributed by atoms with Gasteiger partial charge in [-0.05, 0) is 48.7 Å². The molecular weight excluding hydrogens is 263 g/mol. The SMILES string of the molecule is Cc1cc2ccccc2nc1NCCc1cccc(F)c1. The molecule has 2 nitrogen and oxygen atoms in total. The minimum absolute atomic E-state index is 0.187. The van der Waals surface area contributed by atoms with Crippen LogP contribution in [0.3, 0.4) is 0 Å². The summed E-state index contributed by atoms with van der Waals surface area (Å²) < 4.78 is 13.1. The lowest BCUT2D eigenvalue weighted by Gasteiger charge is -2.10. The van der Waals surface area contributed by atoms with Crippen LogP contribution in [0.5, 0.6) is 0 Å². The van der Waals surface area contributed by atoms with Gasteiger partial charge in [0.05, 0.1) is 5.52 Å². The fraction of sp³-hybridized carbons (Fsp3) is 0.167. The first-order valence-electron chi connectivity index (χ1n) is 7.07. The minimum Gasteiger partial charge on any atom is -0.370 e. The summed E-state index contributed by atoms with van der Waals surface area (Å²) in [6.07, 6.45) is 0.770. The number of pyridine rings is 1. The van der Waals surface area contributed by atoms with E-state index in [1.165, 1.54) is 6.07 Å². The second kappa shape index (κ2) is 5.92. The Morgan fingerprint density at radius 2 is 1.90 bits per heavy atom. The van der Waals surface area contributed by atoms with Crippen LogP contribution in [0.25, 0.3) is 10.9 Å². The van der Waals surface area contributed by atoms with Gasteiger partial charge < -0.3 is 5.32 Å². The zero-order valence-electron chi connectivity index (χ0n) is 11.9. The van der Waals surface area contributed by atoms with Crippen LogP contribution in [0.4, 0.5) is 10.2 Å². The number of aromatic nitrogens is 1. The van der Waals surface area contributed by atoms with Gasteiger partial charge in [-0.15, -0.1) is 0 Å². The van der Waals surface area contributed by atoms with Crippen LogP contribution in [0.2, 0.25) is 0 Å². The Kier molecular flexibility index (Phi) is 3.82. The lowest BCUT2D eigenvalue weighted by atomic mass is 10.1. The molecule has 21 heavy (non-hydrogen) atoms. The maximum atomic E-state index is 13.1. The molecule has 0 aliphatic heterocycles. The number of fused-ring (bicyclic) bond motifs is 1. The van der Waals surface area contributed by atoms with Crippen molar-refractivity contribution in [1.82, 2.24) is 4.98 Å². The maximum absolute atomic E-state index is 13.1. The molecule has 0 spiro atoms. The summed E-state index contributed by atoms with van der Waals surface area (Å²) in [5, 5.41) is 4.48. The molecule has 1 aromatic heterocycles. The summed E-state index contributed by atoms with van der Waals surface area (Å²) in [5.74, 6) is 0.706. The van der Waals surface area contributed by atoms with Crippen LogP contribution >= 0.6 is 0 Å². The number of hydrogen-bond donors (Lipinski definition) is 1. The molecule has 0 aliphatic rings. The van der Waals surface area contributed by atoms with Crippen molar-refractivity contribution in [2.75, 3.05) is 11.9 Å². The number of para-hydroxylation sites is 1. The summed E-state index contributed by atoms with van der Waals surface area (Å²) >= 11 is 0.